The van der Waals surface area contributed by atoms with Crippen molar-refractivity contribution in [1.82, 2.24) is 0 Å². The summed E-state index contributed by atoms with van der Waals surface area (Å²) in [5.41, 5.74) is 0. The molecule has 1 saturated heterocycles. The molecule has 1 aliphatic heterocycles. The highest BCUT2D eigenvalue weighted by molar-refractivity contribution is 7.86. The third-order valence-electron chi connectivity index (χ3n) is 3.70. The average Bonchev–Trinajstić information content (AvgIpc) is 2.73. The molecule has 0 aliphatic carbocycles. The molecule has 1 aliphatic rings. The fourth-order valence-corrected chi connectivity index (χ4v) is 3.17. The van der Waals surface area contributed by atoms with Crippen molar-refractivity contribution in [2.24, 2.45) is 5.92 Å². The Morgan fingerprint density at radius 2 is 1.70 bits per heavy atom. The van der Waals surface area contributed by atoms with E-state index in [0.29, 0.717) is 19.6 Å². The second-order valence-electron chi connectivity index (χ2n) is 6.65. The number of ether oxygens (including phenoxy) is 2. The Bertz CT molecular complexity index is 333. The van der Waals surface area contributed by atoms with Crippen LogP contribution in [0.15, 0.2) is 0 Å². The largest absolute Gasteiger partial charge is 0.393 e. The maximum atomic E-state index is 12.0. The maximum Gasteiger partial charge on any atom is 0.168 e. The molecule has 1 fully saturated rings. The first-order valence-corrected chi connectivity index (χ1v) is 8.39. The number of hydrogen-bond acceptors (Lipinski definition) is 5. The number of rotatable bonds is 6. The molecule has 120 valence electrons. The van der Waals surface area contributed by atoms with Gasteiger partial charge in [0.1, 0.15) is 0 Å². The summed E-state index contributed by atoms with van der Waals surface area (Å²) in [6.45, 7) is 10.2. The Morgan fingerprint density at radius 1 is 1.20 bits per heavy atom. The maximum absolute atomic E-state index is 12.0. The second kappa shape index (κ2) is 6.83. The lowest BCUT2D eigenvalue weighted by Gasteiger charge is -2.31. The van der Waals surface area contributed by atoms with E-state index in [9.17, 15) is 14.4 Å². The summed E-state index contributed by atoms with van der Waals surface area (Å²) in [6, 6.07) is 0. The van der Waals surface area contributed by atoms with Crippen LogP contribution >= 0.6 is 0 Å². The van der Waals surface area contributed by atoms with Gasteiger partial charge in [0.15, 0.2) is 5.79 Å². The third kappa shape index (κ3) is 5.07. The molecule has 0 aromatic carbocycles. The van der Waals surface area contributed by atoms with E-state index in [1.165, 1.54) is 0 Å². The zero-order valence-corrected chi connectivity index (χ0v) is 13.9. The van der Waals surface area contributed by atoms with Gasteiger partial charge in [-0.3, -0.25) is 4.21 Å². The first kappa shape index (κ1) is 18.0. The number of hydrogen-bond donors (Lipinski definition) is 2. The molecule has 0 radical (unpaired) electrons. The molecule has 1 rings (SSSR count). The van der Waals surface area contributed by atoms with E-state index in [0.717, 1.165) is 0 Å². The molecule has 1 heterocycles. The fraction of sp³-hybridized carbons (Fsp3) is 1.00. The number of aliphatic hydroxyl groups is 2. The molecule has 4 atom stereocenters. The van der Waals surface area contributed by atoms with Gasteiger partial charge < -0.3 is 19.7 Å². The molecule has 0 bridgehead atoms. The molecule has 6 heteroatoms. The first-order chi connectivity index (χ1) is 9.05. The van der Waals surface area contributed by atoms with Gasteiger partial charge in [-0.25, -0.2) is 0 Å². The van der Waals surface area contributed by atoms with E-state index >= 15 is 0 Å². The molecule has 0 saturated carbocycles. The third-order valence-corrected chi connectivity index (χ3v) is 5.71. The van der Waals surface area contributed by atoms with Crippen molar-refractivity contribution in [2.45, 2.75) is 63.8 Å². The summed E-state index contributed by atoms with van der Waals surface area (Å²) in [5.74, 6) is -0.998. The molecule has 20 heavy (non-hydrogen) atoms. The van der Waals surface area contributed by atoms with Gasteiger partial charge in [-0.15, -0.1) is 0 Å². The van der Waals surface area contributed by atoms with Gasteiger partial charge in [0, 0.05) is 27.9 Å². The fourth-order valence-electron chi connectivity index (χ4n) is 2.05. The summed E-state index contributed by atoms with van der Waals surface area (Å²) >= 11 is 0. The monoisotopic (exact) mass is 308 g/mol. The van der Waals surface area contributed by atoms with Gasteiger partial charge >= 0.3 is 0 Å². The van der Waals surface area contributed by atoms with Crippen LogP contribution in [0.2, 0.25) is 0 Å². The lowest BCUT2D eigenvalue weighted by molar-refractivity contribution is -0.170. The van der Waals surface area contributed by atoms with E-state index in [4.69, 9.17) is 9.47 Å². The lowest BCUT2D eigenvalue weighted by Crippen LogP contribution is -2.41. The minimum Gasteiger partial charge on any atom is -0.393 e. The van der Waals surface area contributed by atoms with Gasteiger partial charge in [0.2, 0.25) is 0 Å². The summed E-state index contributed by atoms with van der Waals surface area (Å²) in [7, 11) is -1.14. The highest BCUT2D eigenvalue weighted by Gasteiger charge is 2.37. The zero-order chi connectivity index (χ0) is 15.6. The molecule has 0 spiro atoms. The van der Waals surface area contributed by atoms with Gasteiger partial charge in [0.05, 0.1) is 31.2 Å². The van der Waals surface area contributed by atoms with Crippen molar-refractivity contribution in [3.63, 3.8) is 0 Å². The van der Waals surface area contributed by atoms with Gasteiger partial charge in [0.25, 0.3) is 0 Å². The topological polar surface area (TPSA) is 76.0 Å². The van der Waals surface area contributed by atoms with Crippen molar-refractivity contribution in [1.29, 1.82) is 0 Å². The Morgan fingerprint density at radius 3 is 2.15 bits per heavy atom. The Hall–Kier alpha value is -0.0100. The smallest absolute Gasteiger partial charge is 0.168 e. The molecular weight excluding hydrogens is 280 g/mol. The van der Waals surface area contributed by atoms with Crippen LogP contribution in [-0.4, -0.2) is 56.1 Å². The number of aliphatic hydroxyl groups excluding tert-OH is 2. The lowest BCUT2D eigenvalue weighted by atomic mass is 9.94. The molecule has 5 nitrogen and oxygen atoms in total. The van der Waals surface area contributed by atoms with Crippen LogP contribution in [0, 0.1) is 5.92 Å². The molecule has 0 amide bonds. The molecule has 0 aromatic heterocycles. The van der Waals surface area contributed by atoms with Crippen LogP contribution in [0.4, 0.5) is 0 Å². The molecule has 0 aromatic rings. The van der Waals surface area contributed by atoms with E-state index in [-0.39, 0.29) is 16.4 Å². The van der Waals surface area contributed by atoms with Gasteiger partial charge in [-0.05, 0) is 27.7 Å². The van der Waals surface area contributed by atoms with Crippen molar-refractivity contribution < 1.29 is 23.9 Å². The van der Waals surface area contributed by atoms with E-state index in [2.05, 4.69) is 0 Å². The summed E-state index contributed by atoms with van der Waals surface area (Å²) < 4.78 is 22.6. The van der Waals surface area contributed by atoms with Crippen LogP contribution in [-0.2, 0) is 20.3 Å². The van der Waals surface area contributed by atoms with Crippen LogP contribution in [0.5, 0.6) is 0 Å². The van der Waals surface area contributed by atoms with Gasteiger partial charge in [-0.1, -0.05) is 6.92 Å². The Kier molecular flexibility index (Phi) is 6.16. The van der Waals surface area contributed by atoms with Crippen molar-refractivity contribution in [3.8, 4) is 0 Å². The standard InChI is InChI=1S/C14H28O5S/c1-10(12(16)9-20(17)13(2,3)4)11(15)8-14(5)18-6-7-19-14/h10-12,15-16H,6-9H2,1-5H3/t10-,11+,12-,20?/m1/s1. The summed E-state index contributed by atoms with van der Waals surface area (Å²) in [6.07, 6.45) is -1.27. The minimum absolute atomic E-state index is 0.167. The van der Waals surface area contributed by atoms with Crippen LogP contribution in [0.25, 0.3) is 0 Å². The SMILES string of the molecule is C[C@@H]([C@H](O)CS(=O)C(C)(C)C)[C@@H](O)CC1(C)OCCO1. The minimum atomic E-state index is -1.14. The second-order valence-corrected chi connectivity index (χ2v) is 8.90. The molecular formula is C14H28O5S. The highest BCUT2D eigenvalue weighted by Crippen LogP contribution is 2.28. The first-order valence-electron chi connectivity index (χ1n) is 7.08. The molecule has 2 N–H and O–H groups in total. The molecule has 1 unspecified atom stereocenters. The van der Waals surface area contributed by atoms with Crippen LogP contribution in [0.3, 0.4) is 0 Å². The Balaban J connectivity index is 2.51. The zero-order valence-electron chi connectivity index (χ0n) is 13.1. The summed E-state index contributed by atoms with van der Waals surface area (Å²) in [4.78, 5) is 0. The highest BCUT2D eigenvalue weighted by atomic mass is 32.2. The summed E-state index contributed by atoms with van der Waals surface area (Å²) in [5, 5.41) is 20.4. The van der Waals surface area contributed by atoms with Crippen molar-refractivity contribution in [3.05, 3.63) is 0 Å². The van der Waals surface area contributed by atoms with Crippen LogP contribution in [0.1, 0.15) is 41.0 Å². The van der Waals surface area contributed by atoms with Crippen molar-refractivity contribution >= 4 is 10.8 Å². The quantitative estimate of drug-likeness (QED) is 0.767. The van der Waals surface area contributed by atoms with E-state index in [1.54, 1.807) is 13.8 Å². The predicted octanol–water partition coefficient (Wildman–Crippen LogP) is 1.04. The Labute approximate surface area is 124 Å². The van der Waals surface area contributed by atoms with Gasteiger partial charge in [-0.2, -0.15) is 0 Å². The van der Waals surface area contributed by atoms with Crippen molar-refractivity contribution in [2.75, 3.05) is 19.0 Å². The van der Waals surface area contributed by atoms with Crippen LogP contribution < -0.4 is 0 Å². The van der Waals surface area contributed by atoms with E-state index < -0.39 is 28.8 Å². The predicted molar refractivity (Wildman–Crippen MR) is 78.9 cm³/mol. The normalized spacial score (nSPS) is 25.1. The van der Waals surface area contributed by atoms with E-state index in [1.807, 2.05) is 20.8 Å². The average molecular weight is 308 g/mol.